The first-order valence-corrected chi connectivity index (χ1v) is 6.40. The van der Waals surface area contributed by atoms with E-state index in [2.05, 4.69) is 22.1 Å². The van der Waals surface area contributed by atoms with Crippen molar-refractivity contribution in [2.75, 3.05) is 11.9 Å². The van der Waals surface area contributed by atoms with Gasteiger partial charge in [0, 0.05) is 5.56 Å². The second-order valence-corrected chi connectivity index (χ2v) is 4.40. The van der Waals surface area contributed by atoms with Gasteiger partial charge in [0.15, 0.2) is 0 Å². The molecule has 0 bridgehead atoms. The van der Waals surface area contributed by atoms with Crippen molar-refractivity contribution in [1.29, 1.82) is 0 Å². The van der Waals surface area contributed by atoms with E-state index in [0.29, 0.717) is 11.5 Å². The SMILES string of the molecule is NCC#Cc1cccc(NC(=O)c2ccc(F)c(Cl)c2)n1. The summed E-state index contributed by atoms with van der Waals surface area (Å²) >= 11 is 5.64. The molecule has 4 nitrogen and oxygen atoms in total. The van der Waals surface area contributed by atoms with E-state index in [0.717, 1.165) is 6.07 Å². The van der Waals surface area contributed by atoms with Crippen LogP contribution in [0.4, 0.5) is 10.2 Å². The van der Waals surface area contributed by atoms with Crippen LogP contribution in [0.25, 0.3) is 0 Å². The molecule has 0 saturated carbocycles. The third-order valence-electron chi connectivity index (χ3n) is 2.49. The zero-order valence-corrected chi connectivity index (χ0v) is 11.6. The Labute approximate surface area is 126 Å². The highest BCUT2D eigenvalue weighted by Gasteiger charge is 2.09. The highest BCUT2D eigenvalue weighted by molar-refractivity contribution is 6.31. The number of aromatic nitrogens is 1. The van der Waals surface area contributed by atoms with Gasteiger partial charge in [0.25, 0.3) is 5.91 Å². The van der Waals surface area contributed by atoms with Crippen molar-refractivity contribution < 1.29 is 9.18 Å². The minimum Gasteiger partial charge on any atom is -0.320 e. The molecule has 2 aromatic rings. The number of hydrogen-bond donors (Lipinski definition) is 2. The number of benzene rings is 1. The maximum atomic E-state index is 13.1. The van der Waals surface area contributed by atoms with Gasteiger partial charge in [0.2, 0.25) is 0 Å². The normalized spacial score (nSPS) is 9.67. The van der Waals surface area contributed by atoms with E-state index in [4.69, 9.17) is 17.3 Å². The summed E-state index contributed by atoms with van der Waals surface area (Å²) in [4.78, 5) is 16.2. The molecule has 0 fully saturated rings. The molecule has 106 valence electrons. The van der Waals surface area contributed by atoms with Crippen molar-refractivity contribution in [3.63, 3.8) is 0 Å². The van der Waals surface area contributed by atoms with Crippen LogP contribution >= 0.6 is 11.6 Å². The summed E-state index contributed by atoms with van der Waals surface area (Å²) in [7, 11) is 0. The zero-order chi connectivity index (χ0) is 15.2. The van der Waals surface area contributed by atoms with Crippen LogP contribution in [0.5, 0.6) is 0 Å². The smallest absolute Gasteiger partial charge is 0.256 e. The minimum atomic E-state index is -0.578. The first kappa shape index (κ1) is 15.0. The minimum absolute atomic E-state index is 0.113. The van der Waals surface area contributed by atoms with Gasteiger partial charge in [-0.3, -0.25) is 4.79 Å². The largest absolute Gasteiger partial charge is 0.320 e. The van der Waals surface area contributed by atoms with Gasteiger partial charge in [0.1, 0.15) is 17.3 Å². The van der Waals surface area contributed by atoms with E-state index in [1.165, 1.54) is 12.1 Å². The maximum Gasteiger partial charge on any atom is 0.256 e. The van der Waals surface area contributed by atoms with Crippen molar-refractivity contribution >= 4 is 23.3 Å². The van der Waals surface area contributed by atoms with E-state index in [9.17, 15) is 9.18 Å². The number of nitrogens with two attached hydrogens (primary N) is 1. The van der Waals surface area contributed by atoms with E-state index in [1.54, 1.807) is 18.2 Å². The summed E-state index contributed by atoms with van der Waals surface area (Å²) < 4.78 is 13.1. The Kier molecular flexibility index (Phi) is 4.88. The standard InChI is InChI=1S/C15H11ClFN3O/c16-12-9-10(6-7-13(12)17)15(21)20-14-5-1-3-11(19-14)4-2-8-18/h1,3,5-7,9H,8,18H2,(H,19,20,21). The van der Waals surface area contributed by atoms with Crippen LogP contribution in [0, 0.1) is 17.7 Å². The van der Waals surface area contributed by atoms with Crippen molar-refractivity contribution in [2.45, 2.75) is 0 Å². The average molecular weight is 304 g/mol. The first-order chi connectivity index (χ1) is 10.1. The Bertz CT molecular complexity index is 737. The molecule has 0 radical (unpaired) electrons. The van der Waals surface area contributed by atoms with Crippen LogP contribution in [0.2, 0.25) is 5.02 Å². The number of nitrogens with one attached hydrogen (secondary N) is 1. The van der Waals surface area contributed by atoms with Crippen LogP contribution in [-0.4, -0.2) is 17.4 Å². The molecule has 1 aromatic carbocycles. The molecule has 0 spiro atoms. The van der Waals surface area contributed by atoms with Crippen LogP contribution in [0.1, 0.15) is 16.1 Å². The summed E-state index contributed by atoms with van der Waals surface area (Å²) in [6, 6.07) is 8.76. The van der Waals surface area contributed by atoms with E-state index < -0.39 is 11.7 Å². The summed E-state index contributed by atoms with van der Waals surface area (Å²) in [6.45, 7) is 0.229. The molecule has 21 heavy (non-hydrogen) atoms. The predicted molar refractivity (Wildman–Crippen MR) is 79.5 cm³/mol. The number of hydrogen-bond acceptors (Lipinski definition) is 3. The maximum absolute atomic E-state index is 13.1. The van der Waals surface area contributed by atoms with Gasteiger partial charge < -0.3 is 11.1 Å². The third kappa shape index (κ3) is 4.02. The van der Waals surface area contributed by atoms with Gasteiger partial charge in [-0.05, 0) is 36.3 Å². The Morgan fingerprint density at radius 3 is 2.90 bits per heavy atom. The molecular weight excluding hydrogens is 293 g/mol. The molecule has 2 rings (SSSR count). The van der Waals surface area contributed by atoms with Gasteiger partial charge in [-0.15, -0.1) is 0 Å². The fourth-order valence-corrected chi connectivity index (χ4v) is 1.72. The van der Waals surface area contributed by atoms with Crippen molar-refractivity contribution in [3.05, 3.63) is 58.5 Å². The summed E-state index contributed by atoms with van der Waals surface area (Å²) in [5.41, 5.74) is 6.02. The van der Waals surface area contributed by atoms with Crippen LogP contribution in [0.15, 0.2) is 36.4 Å². The molecule has 0 aliphatic rings. The van der Waals surface area contributed by atoms with E-state index >= 15 is 0 Å². The number of halogens is 2. The molecule has 1 aromatic heterocycles. The number of nitrogens with zero attached hydrogens (tertiary/aromatic N) is 1. The topological polar surface area (TPSA) is 68.0 Å². The Hall–Kier alpha value is -2.42. The second kappa shape index (κ2) is 6.84. The molecule has 0 aliphatic carbocycles. The fraction of sp³-hybridized carbons (Fsp3) is 0.0667. The molecule has 0 atom stereocenters. The van der Waals surface area contributed by atoms with Gasteiger partial charge >= 0.3 is 0 Å². The molecule has 1 heterocycles. The molecule has 0 saturated heterocycles. The number of carbonyl (C=O) groups is 1. The van der Waals surface area contributed by atoms with Crippen LogP contribution < -0.4 is 11.1 Å². The monoisotopic (exact) mass is 303 g/mol. The van der Waals surface area contributed by atoms with Crippen LogP contribution in [0.3, 0.4) is 0 Å². The lowest BCUT2D eigenvalue weighted by Gasteiger charge is -2.05. The van der Waals surface area contributed by atoms with E-state index in [1.807, 2.05) is 0 Å². The second-order valence-electron chi connectivity index (χ2n) is 4.00. The summed E-state index contributed by atoms with van der Waals surface area (Å²) in [5.74, 6) is 4.76. The Morgan fingerprint density at radius 2 is 2.19 bits per heavy atom. The molecular formula is C15H11ClFN3O. The lowest BCUT2D eigenvalue weighted by molar-refractivity contribution is 0.102. The van der Waals surface area contributed by atoms with Crippen LogP contribution in [-0.2, 0) is 0 Å². The Balaban J connectivity index is 2.17. The summed E-state index contributed by atoms with van der Waals surface area (Å²) in [6.07, 6.45) is 0. The molecule has 6 heteroatoms. The van der Waals surface area contributed by atoms with Crippen molar-refractivity contribution in [3.8, 4) is 11.8 Å². The summed E-state index contributed by atoms with van der Waals surface area (Å²) in [5, 5.41) is 2.48. The number of carbonyl (C=O) groups excluding carboxylic acids is 1. The van der Waals surface area contributed by atoms with Gasteiger partial charge in [-0.2, -0.15) is 0 Å². The van der Waals surface area contributed by atoms with E-state index in [-0.39, 0.29) is 17.1 Å². The van der Waals surface area contributed by atoms with Crippen molar-refractivity contribution in [2.24, 2.45) is 5.73 Å². The fourth-order valence-electron chi connectivity index (χ4n) is 1.54. The van der Waals surface area contributed by atoms with Gasteiger partial charge in [0.05, 0.1) is 11.6 Å². The highest BCUT2D eigenvalue weighted by Crippen LogP contribution is 2.17. The number of amides is 1. The Morgan fingerprint density at radius 1 is 1.38 bits per heavy atom. The highest BCUT2D eigenvalue weighted by atomic mass is 35.5. The predicted octanol–water partition coefficient (Wildman–Crippen LogP) is 2.44. The number of rotatable bonds is 2. The molecule has 0 unspecified atom stereocenters. The van der Waals surface area contributed by atoms with Gasteiger partial charge in [-0.1, -0.05) is 23.6 Å². The lowest BCUT2D eigenvalue weighted by atomic mass is 10.2. The molecule has 1 amide bonds. The molecule has 3 N–H and O–H groups in total. The first-order valence-electron chi connectivity index (χ1n) is 6.02. The van der Waals surface area contributed by atoms with Crippen molar-refractivity contribution in [1.82, 2.24) is 4.98 Å². The zero-order valence-electron chi connectivity index (χ0n) is 10.9. The number of pyridine rings is 1. The van der Waals surface area contributed by atoms with Gasteiger partial charge in [-0.25, -0.2) is 9.37 Å². The average Bonchev–Trinajstić information content (AvgIpc) is 2.48. The third-order valence-corrected chi connectivity index (χ3v) is 2.78. The lowest BCUT2D eigenvalue weighted by Crippen LogP contribution is -2.13. The quantitative estimate of drug-likeness (QED) is 0.837. The molecule has 0 aliphatic heterocycles. The number of anilines is 1.